The molecular formula is C13H17N3S. The monoisotopic (exact) mass is 247 g/mol. The van der Waals surface area contributed by atoms with E-state index in [1.54, 1.807) is 11.3 Å². The summed E-state index contributed by atoms with van der Waals surface area (Å²) in [5.41, 5.74) is 2.29. The molecule has 0 bridgehead atoms. The van der Waals surface area contributed by atoms with E-state index in [2.05, 4.69) is 39.1 Å². The summed E-state index contributed by atoms with van der Waals surface area (Å²) in [5, 5.41) is 5.45. The van der Waals surface area contributed by atoms with Crippen molar-refractivity contribution in [2.45, 2.75) is 39.3 Å². The van der Waals surface area contributed by atoms with E-state index in [1.165, 1.54) is 5.69 Å². The zero-order valence-corrected chi connectivity index (χ0v) is 11.0. The third-order valence-corrected chi connectivity index (χ3v) is 3.61. The summed E-state index contributed by atoms with van der Waals surface area (Å²) in [7, 11) is 0. The molecule has 1 N–H and O–H groups in total. The van der Waals surface area contributed by atoms with Crippen molar-refractivity contribution in [2.75, 3.05) is 0 Å². The highest BCUT2D eigenvalue weighted by atomic mass is 32.1. The number of aryl methyl sites for hydroxylation is 1. The molecule has 90 valence electrons. The van der Waals surface area contributed by atoms with Crippen LogP contribution < -0.4 is 5.32 Å². The first-order chi connectivity index (χ1) is 8.26. The minimum Gasteiger partial charge on any atom is -0.298 e. The molecule has 2 aromatic heterocycles. The molecule has 0 saturated carbocycles. The Morgan fingerprint density at radius 2 is 2.47 bits per heavy atom. The van der Waals surface area contributed by atoms with Crippen LogP contribution >= 0.6 is 11.3 Å². The number of hydrogen-bond donors (Lipinski definition) is 1. The van der Waals surface area contributed by atoms with Gasteiger partial charge in [0.1, 0.15) is 0 Å². The van der Waals surface area contributed by atoms with E-state index in [-0.39, 0.29) is 6.04 Å². The standard InChI is InChI=1S/C13H17N3S/c1-4-6-11(5-2)14-9-12-10(3)15-13-16(12)7-8-17-13/h2,7-8,11,14H,4,6,9H2,1,3H3. The molecule has 0 radical (unpaired) electrons. The van der Waals surface area contributed by atoms with E-state index in [4.69, 9.17) is 6.42 Å². The molecule has 1 atom stereocenters. The third kappa shape index (κ3) is 2.51. The predicted octanol–water partition coefficient (Wildman–Crippen LogP) is 2.60. The van der Waals surface area contributed by atoms with Crippen molar-refractivity contribution in [3.8, 4) is 12.3 Å². The molecule has 0 aliphatic rings. The molecule has 3 nitrogen and oxygen atoms in total. The predicted molar refractivity (Wildman–Crippen MR) is 72.2 cm³/mol. The van der Waals surface area contributed by atoms with Crippen molar-refractivity contribution >= 4 is 16.3 Å². The second kappa shape index (κ2) is 5.35. The number of terminal acetylenes is 1. The van der Waals surface area contributed by atoms with Crippen molar-refractivity contribution in [1.29, 1.82) is 0 Å². The Bertz CT molecular complexity index is 532. The number of hydrogen-bond acceptors (Lipinski definition) is 3. The fraction of sp³-hybridized carbons (Fsp3) is 0.462. The first-order valence-electron chi connectivity index (χ1n) is 5.86. The molecule has 2 aromatic rings. The van der Waals surface area contributed by atoms with Gasteiger partial charge in [-0.2, -0.15) is 0 Å². The van der Waals surface area contributed by atoms with Gasteiger partial charge in [0.2, 0.25) is 0 Å². The molecular weight excluding hydrogens is 230 g/mol. The molecule has 0 fully saturated rings. The molecule has 4 heteroatoms. The lowest BCUT2D eigenvalue weighted by molar-refractivity contribution is 0.555. The average Bonchev–Trinajstić information content (AvgIpc) is 2.86. The Hall–Kier alpha value is -1.31. The second-order valence-electron chi connectivity index (χ2n) is 4.09. The van der Waals surface area contributed by atoms with Gasteiger partial charge in [0, 0.05) is 18.1 Å². The number of aromatic nitrogens is 2. The highest BCUT2D eigenvalue weighted by molar-refractivity contribution is 7.15. The van der Waals surface area contributed by atoms with E-state index in [1.807, 2.05) is 6.92 Å². The van der Waals surface area contributed by atoms with Gasteiger partial charge in [0.05, 0.1) is 17.4 Å². The fourth-order valence-corrected chi connectivity index (χ4v) is 2.69. The Morgan fingerprint density at radius 3 is 3.18 bits per heavy atom. The first kappa shape index (κ1) is 12.2. The SMILES string of the molecule is C#CC(CCC)NCc1c(C)nc2sccn12. The van der Waals surface area contributed by atoms with Crippen molar-refractivity contribution in [3.05, 3.63) is 23.0 Å². The molecule has 0 amide bonds. The highest BCUT2D eigenvalue weighted by Crippen LogP contribution is 2.16. The smallest absolute Gasteiger partial charge is 0.194 e. The summed E-state index contributed by atoms with van der Waals surface area (Å²) in [6.45, 7) is 4.97. The van der Waals surface area contributed by atoms with Gasteiger partial charge >= 0.3 is 0 Å². The lowest BCUT2D eigenvalue weighted by Gasteiger charge is -2.11. The minimum atomic E-state index is 0.156. The summed E-state index contributed by atoms with van der Waals surface area (Å²) < 4.78 is 2.13. The molecule has 0 aliphatic carbocycles. The van der Waals surface area contributed by atoms with Crippen LogP contribution in [0, 0.1) is 19.3 Å². The highest BCUT2D eigenvalue weighted by Gasteiger charge is 2.10. The van der Waals surface area contributed by atoms with Gasteiger partial charge < -0.3 is 0 Å². The van der Waals surface area contributed by atoms with Gasteiger partial charge in [0.15, 0.2) is 4.96 Å². The first-order valence-corrected chi connectivity index (χ1v) is 6.74. The second-order valence-corrected chi connectivity index (χ2v) is 4.96. The Kier molecular flexibility index (Phi) is 3.82. The van der Waals surface area contributed by atoms with Crippen LogP contribution in [0.2, 0.25) is 0 Å². The molecule has 1 unspecified atom stereocenters. The topological polar surface area (TPSA) is 29.3 Å². The van der Waals surface area contributed by atoms with E-state index < -0.39 is 0 Å². The van der Waals surface area contributed by atoms with Gasteiger partial charge in [-0.3, -0.25) is 9.72 Å². The third-order valence-electron chi connectivity index (χ3n) is 2.86. The fourth-order valence-electron chi connectivity index (χ4n) is 1.91. The molecule has 17 heavy (non-hydrogen) atoms. The normalized spacial score (nSPS) is 12.8. The summed E-state index contributed by atoms with van der Waals surface area (Å²) in [6.07, 6.45) is 9.67. The Labute approximate surface area is 106 Å². The van der Waals surface area contributed by atoms with Gasteiger partial charge in [-0.1, -0.05) is 19.3 Å². The Morgan fingerprint density at radius 1 is 1.65 bits per heavy atom. The average molecular weight is 247 g/mol. The van der Waals surface area contributed by atoms with Crippen molar-refractivity contribution in [2.24, 2.45) is 0 Å². The van der Waals surface area contributed by atoms with Crippen LogP contribution in [-0.2, 0) is 6.54 Å². The number of thiazole rings is 1. The summed E-state index contributed by atoms with van der Waals surface area (Å²) >= 11 is 1.66. The molecule has 0 aliphatic heterocycles. The summed E-state index contributed by atoms with van der Waals surface area (Å²) in [5.74, 6) is 2.79. The maximum absolute atomic E-state index is 5.50. The van der Waals surface area contributed by atoms with Gasteiger partial charge in [0.25, 0.3) is 0 Å². The van der Waals surface area contributed by atoms with E-state index in [0.717, 1.165) is 30.0 Å². The number of fused-ring (bicyclic) bond motifs is 1. The largest absolute Gasteiger partial charge is 0.298 e. The zero-order valence-electron chi connectivity index (χ0n) is 10.2. The molecule has 2 heterocycles. The van der Waals surface area contributed by atoms with Crippen molar-refractivity contribution in [3.63, 3.8) is 0 Å². The van der Waals surface area contributed by atoms with Crippen LogP contribution in [0.15, 0.2) is 11.6 Å². The maximum Gasteiger partial charge on any atom is 0.194 e. The van der Waals surface area contributed by atoms with Gasteiger partial charge in [-0.05, 0) is 13.3 Å². The number of imidazole rings is 1. The maximum atomic E-state index is 5.50. The number of rotatable bonds is 5. The minimum absolute atomic E-state index is 0.156. The molecule has 0 aromatic carbocycles. The van der Waals surface area contributed by atoms with E-state index in [9.17, 15) is 0 Å². The van der Waals surface area contributed by atoms with Gasteiger partial charge in [-0.25, -0.2) is 4.98 Å². The molecule has 0 saturated heterocycles. The number of nitrogens with one attached hydrogen (secondary N) is 1. The molecule has 2 rings (SSSR count). The van der Waals surface area contributed by atoms with Crippen LogP contribution in [0.25, 0.3) is 4.96 Å². The van der Waals surface area contributed by atoms with Crippen LogP contribution in [0.1, 0.15) is 31.2 Å². The van der Waals surface area contributed by atoms with Gasteiger partial charge in [-0.15, -0.1) is 17.8 Å². The molecule has 0 spiro atoms. The van der Waals surface area contributed by atoms with Crippen molar-refractivity contribution < 1.29 is 0 Å². The lowest BCUT2D eigenvalue weighted by Crippen LogP contribution is -2.27. The Balaban J connectivity index is 2.10. The lowest BCUT2D eigenvalue weighted by atomic mass is 10.2. The van der Waals surface area contributed by atoms with Crippen LogP contribution in [0.5, 0.6) is 0 Å². The summed E-state index contributed by atoms with van der Waals surface area (Å²) in [4.78, 5) is 5.56. The quantitative estimate of drug-likeness (QED) is 0.823. The number of nitrogens with zero attached hydrogens (tertiary/aromatic N) is 2. The summed E-state index contributed by atoms with van der Waals surface area (Å²) in [6, 6.07) is 0.156. The zero-order chi connectivity index (χ0) is 12.3. The van der Waals surface area contributed by atoms with Crippen LogP contribution in [0.3, 0.4) is 0 Å². The van der Waals surface area contributed by atoms with E-state index in [0.29, 0.717) is 0 Å². The van der Waals surface area contributed by atoms with Crippen molar-refractivity contribution in [1.82, 2.24) is 14.7 Å². The van der Waals surface area contributed by atoms with Crippen LogP contribution in [-0.4, -0.2) is 15.4 Å². The van der Waals surface area contributed by atoms with E-state index >= 15 is 0 Å². The van der Waals surface area contributed by atoms with Crippen LogP contribution in [0.4, 0.5) is 0 Å².